The van der Waals surface area contributed by atoms with Crippen LogP contribution >= 0.6 is 0 Å². The number of fused-ring (bicyclic) bond motifs is 1. The van der Waals surface area contributed by atoms with E-state index >= 15 is 0 Å². The van der Waals surface area contributed by atoms with Crippen molar-refractivity contribution in [2.75, 3.05) is 0 Å². The Labute approximate surface area is 128 Å². The zero-order chi connectivity index (χ0) is 15.7. The molecule has 2 heterocycles. The molecule has 1 fully saturated rings. The molecule has 4 nitrogen and oxygen atoms in total. The van der Waals surface area contributed by atoms with Crippen LogP contribution in [-0.4, -0.2) is 27.0 Å². The summed E-state index contributed by atoms with van der Waals surface area (Å²) in [7, 11) is 0. The maximum Gasteiger partial charge on any atom is 0.398 e. The summed E-state index contributed by atoms with van der Waals surface area (Å²) in [5.74, 6) is -0.0138. The van der Waals surface area contributed by atoms with Gasteiger partial charge >= 0.3 is 6.18 Å². The highest BCUT2D eigenvalue weighted by Gasteiger charge is 2.45. The third kappa shape index (κ3) is 3.29. The summed E-state index contributed by atoms with van der Waals surface area (Å²) in [6.45, 7) is 3.35. The number of halogens is 3. The molecule has 1 N–H and O–H groups in total. The maximum atomic E-state index is 13.1. The molecular weight excluding hydrogens is 293 g/mol. The van der Waals surface area contributed by atoms with Crippen molar-refractivity contribution < 1.29 is 13.2 Å². The number of rotatable bonds is 3. The fourth-order valence-electron chi connectivity index (χ4n) is 3.73. The summed E-state index contributed by atoms with van der Waals surface area (Å²) < 4.78 is 40.8. The Morgan fingerprint density at radius 3 is 2.73 bits per heavy atom. The van der Waals surface area contributed by atoms with Gasteiger partial charge in [-0.15, -0.1) is 10.2 Å². The summed E-state index contributed by atoms with van der Waals surface area (Å²) in [5, 5.41) is 11.3. The van der Waals surface area contributed by atoms with Gasteiger partial charge in [0.05, 0.1) is 6.54 Å². The average Bonchev–Trinajstić information content (AvgIpc) is 2.87. The minimum absolute atomic E-state index is 0.0903. The van der Waals surface area contributed by atoms with E-state index in [1.165, 1.54) is 12.8 Å². The lowest BCUT2D eigenvalue weighted by Crippen LogP contribution is -2.34. The summed E-state index contributed by atoms with van der Waals surface area (Å²) in [6, 6.07) is 0.443. The monoisotopic (exact) mass is 316 g/mol. The number of aromatic nitrogens is 3. The third-order valence-electron chi connectivity index (χ3n) is 4.92. The minimum atomic E-state index is -4.23. The molecule has 124 valence electrons. The van der Waals surface area contributed by atoms with E-state index in [1.807, 2.05) is 0 Å². The first-order valence-corrected chi connectivity index (χ1v) is 8.17. The predicted octanol–water partition coefficient (Wildman–Crippen LogP) is 3.39. The van der Waals surface area contributed by atoms with E-state index < -0.39 is 12.1 Å². The molecule has 7 heteroatoms. The van der Waals surface area contributed by atoms with Gasteiger partial charge < -0.3 is 9.88 Å². The fourth-order valence-corrected chi connectivity index (χ4v) is 3.73. The van der Waals surface area contributed by atoms with E-state index in [0.717, 1.165) is 12.8 Å². The average molecular weight is 316 g/mol. The van der Waals surface area contributed by atoms with Crippen LogP contribution in [0.1, 0.15) is 63.0 Å². The van der Waals surface area contributed by atoms with Crippen molar-refractivity contribution in [3.63, 3.8) is 0 Å². The third-order valence-corrected chi connectivity index (χ3v) is 4.92. The first-order valence-electron chi connectivity index (χ1n) is 8.17. The molecule has 0 saturated heterocycles. The van der Waals surface area contributed by atoms with Crippen molar-refractivity contribution in [1.29, 1.82) is 0 Å². The second kappa shape index (κ2) is 6.18. The largest absolute Gasteiger partial charge is 0.398 e. The SMILES string of the molecule is C[C@@H]1CCC[C@H](NCc2nnc3n2CCC[C@H]3C(F)(F)F)C1. The number of alkyl halides is 3. The molecule has 0 aromatic carbocycles. The van der Waals surface area contributed by atoms with Crippen LogP contribution in [0, 0.1) is 5.92 Å². The van der Waals surface area contributed by atoms with Crippen LogP contribution in [0.15, 0.2) is 0 Å². The second-order valence-electron chi connectivity index (χ2n) is 6.71. The van der Waals surface area contributed by atoms with Crippen LogP contribution in [0.25, 0.3) is 0 Å². The highest BCUT2D eigenvalue weighted by atomic mass is 19.4. The van der Waals surface area contributed by atoms with Crippen LogP contribution < -0.4 is 5.32 Å². The number of nitrogens with zero attached hydrogens (tertiary/aromatic N) is 3. The molecule has 3 rings (SSSR count). The molecule has 0 radical (unpaired) electrons. The highest BCUT2D eigenvalue weighted by molar-refractivity contribution is 5.07. The van der Waals surface area contributed by atoms with Gasteiger partial charge in [-0.05, 0) is 31.6 Å². The first-order chi connectivity index (χ1) is 10.4. The van der Waals surface area contributed by atoms with Gasteiger partial charge in [0, 0.05) is 12.6 Å². The van der Waals surface area contributed by atoms with Crippen LogP contribution in [0.4, 0.5) is 13.2 Å². The lowest BCUT2D eigenvalue weighted by Gasteiger charge is -2.28. The smallest absolute Gasteiger partial charge is 0.313 e. The van der Waals surface area contributed by atoms with E-state index in [1.54, 1.807) is 4.57 Å². The van der Waals surface area contributed by atoms with E-state index in [4.69, 9.17) is 0 Å². The topological polar surface area (TPSA) is 42.7 Å². The van der Waals surface area contributed by atoms with Gasteiger partial charge in [0.2, 0.25) is 0 Å². The molecule has 3 atom stereocenters. The molecule has 1 aromatic rings. The van der Waals surface area contributed by atoms with Crippen molar-refractivity contribution in [2.24, 2.45) is 5.92 Å². The minimum Gasteiger partial charge on any atom is -0.313 e. The van der Waals surface area contributed by atoms with Crippen molar-refractivity contribution >= 4 is 0 Å². The number of hydrogen-bond acceptors (Lipinski definition) is 3. The molecule has 0 spiro atoms. The lowest BCUT2D eigenvalue weighted by molar-refractivity contribution is -0.156. The maximum absolute atomic E-state index is 13.1. The van der Waals surface area contributed by atoms with Gasteiger partial charge in [-0.1, -0.05) is 19.8 Å². The zero-order valence-corrected chi connectivity index (χ0v) is 12.9. The standard InChI is InChI=1S/C15H23F3N4/c1-10-4-2-5-11(8-10)19-9-13-20-21-14-12(15(16,17)18)6-3-7-22(13)14/h10-12,19H,2-9H2,1H3/t10-,11+,12-/m1/s1. The van der Waals surface area contributed by atoms with Crippen LogP contribution in [0.5, 0.6) is 0 Å². The number of hydrogen-bond donors (Lipinski definition) is 1. The summed E-state index contributed by atoms with van der Waals surface area (Å²) in [4.78, 5) is 0. The molecule has 0 unspecified atom stereocenters. The van der Waals surface area contributed by atoms with Crippen LogP contribution in [0.2, 0.25) is 0 Å². The fraction of sp³-hybridized carbons (Fsp3) is 0.867. The van der Waals surface area contributed by atoms with Crippen molar-refractivity contribution in [3.05, 3.63) is 11.6 Å². The Morgan fingerprint density at radius 1 is 1.18 bits per heavy atom. The molecule has 2 aliphatic rings. The number of nitrogens with one attached hydrogen (secondary N) is 1. The summed E-state index contributed by atoms with van der Waals surface area (Å²) in [5.41, 5.74) is 0. The van der Waals surface area contributed by atoms with E-state index in [-0.39, 0.29) is 12.2 Å². The highest BCUT2D eigenvalue weighted by Crippen LogP contribution is 2.40. The Kier molecular flexibility index (Phi) is 4.43. The predicted molar refractivity (Wildman–Crippen MR) is 76.3 cm³/mol. The molecule has 1 aliphatic heterocycles. The lowest BCUT2D eigenvalue weighted by atomic mass is 9.87. The molecule has 0 bridgehead atoms. The van der Waals surface area contributed by atoms with Crippen molar-refractivity contribution in [2.45, 2.75) is 76.7 Å². The van der Waals surface area contributed by atoms with Crippen molar-refractivity contribution in [3.8, 4) is 0 Å². The Hall–Kier alpha value is -1.11. The van der Waals surface area contributed by atoms with Crippen molar-refractivity contribution in [1.82, 2.24) is 20.1 Å². The van der Waals surface area contributed by atoms with Gasteiger partial charge in [0.25, 0.3) is 0 Å². The second-order valence-corrected chi connectivity index (χ2v) is 6.71. The van der Waals surface area contributed by atoms with Gasteiger partial charge in [-0.25, -0.2) is 0 Å². The molecule has 22 heavy (non-hydrogen) atoms. The van der Waals surface area contributed by atoms with Crippen LogP contribution in [0.3, 0.4) is 0 Å². The molecule has 1 aromatic heterocycles. The van der Waals surface area contributed by atoms with Crippen LogP contribution in [-0.2, 0) is 13.1 Å². The summed E-state index contributed by atoms with van der Waals surface area (Å²) in [6.07, 6.45) is 1.17. The van der Waals surface area contributed by atoms with Gasteiger partial charge in [0.15, 0.2) is 0 Å². The van der Waals surface area contributed by atoms with Gasteiger partial charge in [-0.2, -0.15) is 13.2 Å². The quantitative estimate of drug-likeness (QED) is 0.929. The Bertz CT molecular complexity index is 511. The van der Waals surface area contributed by atoms with E-state index in [0.29, 0.717) is 37.3 Å². The normalized spacial score (nSPS) is 29.4. The molecule has 1 aliphatic carbocycles. The van der Waals surface area contributed by atoms with Gasteiger partial charge in [-0.3, -0.25) is 0 Å². The molecule has 0 amide bonds. The van der Waals surface area contributed by atoms with E-state index in [2.05, 4.69) is 22.4 Å². The van der Waals surface area contributed by atoms with E-state index in [9.17, 15) is 13.2 Å². The van der Waals surface area contributed by atoms with Gasteiger partial charge in [0.1, 0.15) is 17.6 Å². The summed E-state index contributed by atoms with van der Waals surface area (Å²) >= 11 is 0. The first kappa shape index (κ1) is 15.8. The molecule has 1 saturated carbocycles. The Balaban J connectivity index is 1.67. The Morgan fingerprint density at radius 2 is 2.00 bits per heavy atom. The zero-order valence-electron chi connectivity index (χ0n) is 12.9. The molecular formula is C15H23F3N4.